The van der Waals surface area contributed by atoms with Crippen LogP contribution in [0.2, 0.25) is 0 Å². The van der Waals surface area contributed by atoms with Gasteiger partial charge in [0.05, 0.1) is 72.4 Å². The van der Waals surface area contributed by atoms with Gasteiger partial charge in [0.2, 0.25) is 0 Å². The molecule has 0 saturated heterocycles. The highest BCUT2D eigenvalue weighted by atomic mass is 15.0. The van der Waals surface area contributed by atoms with Gasteiger partial charge in [-0.15, -0.1) is 0 Å². The van der Waals surface area contributed by atoms with Gasteiger partial charge in [0, 0.05) is 115 Å². The van der Waals surface area contributed by atoms with Crippen molar-refractivity contribution in [3.63, 3.8) is 0 Å². The van der Waals surface area contributed by atoms with Crippen LogP contribution >= 0.6 is 0 Å². The molecule has 0 atom stereocenters. The van der Waals surface area contributed by atoms with Crippen molar-refractivity contribution in [2.24, 2.45) is 0 Å². The average Bonchev–Trinajstić information content (AvgIpc) is 1.56. The van der Waals surface area contributed by atoms with Crippen LogP contribution in [0.1, 0.15) is 0 Å². The molecular weight excluding hydrogens is 1570 g/mol. The number of rotatable bonds is 12. The van der Waals surface area contributed by atoms with Crippen LogP contribution in [-0.2, 0) is 0 Å². The molecule has 10 heteroatoms. The van der Waals surface area contributed by atoms with Gasteiger partial charge in [0.15, 0.2) is 29.1 Å². The molecule has 0 N–H and O–H groups in total. The Hall–Kier alpha value is -17.5. The van der Waals surface area contributed by atoms with Crippen LogP contribution in [0.5, 0.6) is 0 Å². The Balaban J connectivity index is 0.000000105. The second-order valence-corrected chi connectivity index (χ2v) is 33.0. The maximum absolute atomic E-state index is 5.19. The van der Waals surface area contributed by atoms with Crippen LogP contribution in [0.4, 0.5) is 0 Å². The van der Waals surface area contributed by atoms with Gasteiger partial charge >= 0.3 is 0 Å². The second-order valence-electron chi connectivity index (χ2n) is 33.0. The zero-order chi connectivity index (χ0) is 85.0. The molecule has 129 heavy (non-hydrogen) atoms. The third kappa shape index (κ3) is 12.8. The Kier molecular flexibility index (Phi) is 17.7. The van der Waals surface area contributed by atoms with Crippen molar-refractivity contribution < 1.29 is 0 Å². The van der Waals surface area contributed by atoms with E-state index in [1.54, 1.807) is 0 Å². The third-order valence-electron chi connectivity index (χ3n) is 25.5. The first-order valence-electron chi connectivity index (χ1n) is 43.7. The van der Waals surface area contributed by atoms with E-state index in [0.29, 0.717) is 23.3 Å². The van der Waals surface area contributed by atoms with E-state index >= 15 is 0 Å². The third-order valence-corrected chi connectivity index (χ3v) is 25.5. The fourth-order valence-electron chi connectivity index (χ4n) is 19.5. The summed E-state index contributed by atoms with van der Waals surface area (Å²) in [5.74, 6) is 3.40. The van der Waals surface area contributed by atoms with E-state index in [2.05, 4.69) is 389 Å². The maximum atomic E-state index is 5.19. The Morgan fingerprint density at radius 3 is 0.682 bits per heavy atom. The summed E-state index contributed by atoms with van der Waals surface area (Å²) >= 11 is 0. The molecule has 0 bridgehead atoms. The van der Waals surface area contributed by atoms with E-state index in [9.17, 15) is 0 Å². The van der Waals surface area contributed by atoms with E-state index in [1.807, 2.05) is 72.8 Å². The van der Waals surface area contributed by atoms with Crippen LogP contribution in [0.3, 0.4) is 0 Å². The Bertz CT molecular complexity index is 8150. The minimum atomic E-state index is 0.652. The molecule has 10 nitrogen and oxygen atoms in total. The van der Waals surface area contributed by atoms with E-state index in [4.69, 9.17) is 34.9 Å². The molecule has 0 fully saturated rings. The lowest BCUT2D eigenvalue weighted by atomic mass is 10.0. The predicted octanol–water partition coefficient (Wildman–Crippen LogP) is 30.3. The lowest BCUT2D eigenvalue weighted by molar-refractivity contribution is 1.07. The summed E-state index contributed by atoms with van der Waals surface area (Å²) in [7, 11) is 0. The highest BCUT2D eigenvalue weighted by Crippen LogP contribution is 2.46. The topological polar surface area (TPSA) is 103 Å². The Morgan fingerprint density at radius 2 is 0.326 bits per heavy atom. The highest BCUT2D eigenvalue weighted by molar-refractivity contribution is 6.26. The van der Waals surface area contributed by atoms with Crippen molar-refractivity contribution in [2.45, 2.75) is 0 Å². The normalized spacial score (nSPS) is 11.7. The zero-order valence-electron chi connectivity index (χ0n) is 69.7. The van der Waals surface area contributed by atoms with Crippen molar-refractivity contribution >= 4 is 114 Å². The van der Waals surface area contributed by atoms with Gasteiger partial charge < -0.3 is 13.2 Å². The summed E-state index contributed by atoms with van der Waals surface area (Å²) in [5, 5.41) is 15.2. The first-order valence-corrected chi connectivity index (χ1v) is 43.7. The summed E-state index contributed by atoms with van der Waals surface area (Å²) in [4.78, 5) is 35.6. The lowest BCUT2D eigenvalue weighted by Gasteiger charge is -2.11. The van der Waals surface area contributed by atoms with E-state index < -0.39 is 0 Å². The fourth-order valence-corrected chi connectivity index (χ4v) is 19.5. The summed E-state index contributed by atoms with van der Waals surface area (Å²) in [5.41, 5.74) is 30.7. The largest absolute Gasteiger partial charge is 0.308 e. The standard InChI is InChI=1S/2C40H25N3.C39H24N4/c1-3-11-26(12-4-1)28-15-9-16-29(23-28)35-25-36(42-40(41-35)27-13-5-2-6-14-27)30-21-22-32-34-19-10-18-33-31-17-7-8-20-37(31)43(39(33)34)38(32)24-30;1-3-11-26(12-4-1)28-15-9-16-29(23-28)36-25-35(27-13-5-2-6-14-27)41-40(42-36)30-21-22-32-34-19-10-18-33-31-17-7-8-20-37(31)43(39(33)34)38(32)24-30;1-3-11-25(12-4-1)27-15-9-16-28(23-27)38-40-37(26-13-5-2-6-14-26)41-39(42-38)29-21-22-31-33-19-10-18-32-30-17-7-8-20-34(30)43(36(32)33)35(31)24-29/h2*1-25H;1-24H. The molecule has 0 radical (unpaired) electrons. The average molecular weight is 1640 g/mol. The fraction of sp³-hybridized carbons (Fsp3) is 0. The van der Waals surface area contributed by atoms with Crippen molar-refractivity contribution in [3.05, 3.63) is 449 Å². The second kappa shape index (κ2) is 30.8. The quantitative estimate of drug-likeness (QED) is 0.120. The molecule has 9 aromatic heterocycles. The van der Waals surface area contributed by atoms with Gasteiger partial charge in [0.1, 0.15) is 0 Å². The molecule has 0 spiro atoms. The predicted molar refractivity (Wildman–Crippen MR) is 533 cm³/mol. The van der Waals surface area contributed by atoms with Gasteiger partial charge in [-0.05, 0) is 100 Å². The molecule has 0 amide bonds. The van der Waals surface area contributed by atoms with Gasteiger partial charge in [-0.2, -0.15) is 0 Å². The van der Waals surface area contributed by atoms with Gasteiger partial charge in [0.25, 0.3) is 0 Å². The van der Waals surface area contributed by atoms with E-state index in [1.165, 1.54) is 131 Å². The molecule has 0 saturated carbocycles. The minimum absolute atomic E-state index is 0.652. The molecule has 0 aliphatic carbocycles. The molecule has 27 aromatic rings. The molecule has 9 heterocycles. The number of para-hydroxylation sites is 6. The number of hydrogen-bond acceptors (Lipinski definition) is 7. The smallest absolute Gasteiger partial charge is 0.164 e. The molecule has 0 aliphatic rings. The summed E-state index contributed by atoms with van der Waals surface area (Å²) in [6, 6.07) is 158. The van der Waals surface area contributed by atoms with Crippen LogP contribution in [0, 0.1) is 0 Å². The highest BCUT2D eigenvalue weighted by Gasteiger charge is 2.25. The minimum Gasteiger partial charge on any atom is -0.308 e. The number of fused-ring (bicyclic) bond motifs is 18. The van der Waals surface area contributed by atoms with Crippen molar-refractivity contribution in [2.75, 3.05) is 0 Å². The monoisotopic (exact) mass is 1640 g/mol. The zero-order valence-corrected chi connectivity index (χ0v) is 69.7. The molecule has 27 rings (SSSR count). The number of hydrogen-bond donors (Lipinski definition) is 0. The van der Waals surface area contributed by atoms with Crippen LogP contribution in [0.15, 0.2) is 449 Å². The molecular formula is C119H74N10. The maximum Gasteiger partial charge on any atom is 0.164 e. The molecule has 600 valence electrons. The molecule has 0 aliphatic heterocycles. The summed E-state index contributed by atoms with van der Waals surface area (Å²) in [6.07, 6.45) is 0. The summed E-state index contributed by atoms with van der Waals surface area (Å²) in [6.45, 7) is 0. The van der Waals surface area contributed by atoms with E-state index in [-0.39, 0.29) is 0 Å². The van der Waals surface area contributed by atoms with Gasteiger partial charge in [-0.3, -0.25) is 0 Å². The SMILES string of the molecule is c1ccc(-c2cccc(-c3cc(-c4ccc5c6cccc7c8ccccc8n(c5c4)c76)nc(-c4ccccc4)n3)c2)cc1.c1ccc(-c2cccc(-c3cc(-c4ccccc4)nc(-c4ccc5c6cccc7c8ccccc8n(c5c4)c76)n3)c2)cc1.c1ccc(-c2cccc(-c3nc(-c4ccccc4)nc(-c4ccc5c6cccc7c8ccccc8n(c5c4)c76)n3)c2)cc1. The van der Waals surface area contributed by atoms with Crippen molar-refractivity contribution in [3.8, 4) is 135 Å². The van der Waals surface area contributed by atoms with Crippen molar-refractivity contribution in [1.29, 1.82) is 0 Å². The number of benzene rings is 18. The summed E-state index contributed by atoms with van der Waals surface area (Å²) < 4.78 is 7.22. The van der Waals surface area contributed by atoms with Crippen molar-refractivity contribution in [1.82, 2.24) is 48.1 Å². The first kappa shape index (κ1) is 74.2. The molecule has 18 aromatic carbocycles. The van der Waals surface area contributed by atoms with Gasteiger partial charge in [-0.25, -0.2) is 34.9 Å². The van der Waals surface area contributed by atoms with Gasteiger partial charge in [-0.1, -0.05) is 382 Å². The van der Waals surface area contributed by atoms with Crippen LogP contribution < -0.4 is 0 Å². The molecule has 0 unspecified atom stereocenters. The van der Waals surface area contributed by atoms with Crippen LogP contribution in [-0.4, -0.2) is 48.1 Å². The van der Waals surface area contributed by atoms with E-state index in [0.717, 1.165) is 95.3 Å². The lowest BCUT2D eigenvalue weighted by Crippen LogP contribution is -2.00. The van der Waals surface area contributed by atoms with Crippen LogP contribution in [0.25, 0.3) is 250 Å². The number of nitrogens with zero attached hydrogens (tertiary/aromatic N) is 10. The Labute approximate surface area is 741 Å². The first-order chi connectivity index (χ1) is 63.9. The number of aromatic nitrogens is 10. The Morgan fingerprint density at radius 1 is 0.116 bits per heavy atom.